The smallest absolute Gasteiger partial charge is 0.301 e. The van der Waals surface area contributed by atoms with Crippen LogP contribution in [0.25, 0.3) is 16.0 Å². The van der Waals surface area contributed by atoms with Crippen LogP contribution < -0.4 is 14.5 Å². The molecule has 188 valence electrons. The number of aromatic nitrogens is 1. The van der Waals surface area contributed by atoms with E-state index in [1.54, 1.807) is 0 Å². The lowest BCUT2D eigenvalue weighted by molar-refractivity contribution is -0.132. The number of aliphatic hydroxyl groups is 1. The highest BCUT2D eigenvalue weighted by Gasteiger charge is 2.48. The normalized spacial score (nSPS) is 17.0. The Kier molecular flexibility index (Phi) is 6.58. The van der Waals surface area contributed by atoms with E-state index in [9.17, 15) is 14.7 Å². The number of Topliss-reactive ketones (excluding diaryl/α,β-unsaturated/α-hetero) is 1. The lowest BCUT2D eigenvalue weighted by Crippen LogP contribution is -2.29. The van der Waals surface area contributed by atoms with Crippen molar-refractivity contribution in [2.45, 2.75) is 6.04 Å². The molecule has 1 fully saturated rings. The van der Waals surface area contributed by atoms with Gasteiger partial charge in [-0.2, -0.15) is 0 Å². The minimum absolute atomic E-state index is 0.109. The van der Waals surface area contributed by atoms with Gasteiger partial charge < -0.3 is 14.7 Å². The molecule has 7 nitrogen and oxygen atoms in total. The molecule has 0 aliphatic carbocycles. The zero-order valence-corrected chi connectivity index (χ0v) is 22.4. The lowest BCUT2D eigenvalue weighted by atomic mass is 9.95. The molecule has 1 aliphatic heterocycles. The third-order valence-corrected chi connectivity index (χ3v) is 7.66. The highest BCUT2D eigenvalue weighted by Crippen LogP contribution is 2.46. The number of benzene rings is 3. The fourth-order valence-corrected chi connectivity index (χ4v) is 5.91. The predicted molar refractivity (Wildman–Crippen MR) is 148 cm³/mol. The molecule has 0 radical (unpaired) electrons. The van der Waals surface area contributed by atoms with E-state index < -0.39 is 23.5 Å². The van der Waals surface area contributed by atoms with Crippen LogP contribution in [0.3, 0.4) is 0 Å². The summed E-state index contributed by atoms with van der Waals surface area (Å²) in [6, 6.07) is 16.8. The van der Waals surface area contributed by atoms with Gasteiger partial charge in [0.2, 0.25) is 0 Å². The quantitative estimate of drug-likeness (QED) is 0.177. The highest BCUT2D eigenvalue weighted by molar-refractivity contribution is 7.22. The minimum Gasteiger partial charge on any atom is -0.507 e. The van der Waals surface area contributed by atoms with Gasteiger partial charge in [-0.1, -0.05) is 58.8 Å². The predicted octanol–water partition coefficient (Wildman–Crippen LogP) is 6.30. The van der Waals surface area contributed by atoms with Crippen LogP contribution in [-0.2, 0) is 9.59 Å². The van der Waals surface area contributed by atoms with E-state index in [1.165, 1.54) is 35.5 Å². The fraction of sp³-hybridized carbons (Fsp3) is 0.148. The van der Waals surface area contributed by atoms with Crippen molar-refractivity contribution in [2.75, 3.05) is 31.0 Å². The Hall–Kier alpha value is -3.59. The van der Waals surface area contributed by atoms with Gasteiger partial charge in [-0.05, 0) is 42.0 Å². The Labute approximate surface area is 227 Å². The van der Waals surface area contributed by atoms with Crippen LogP contribution >= 0.6 is 34.5 Å². The largest absolute Gasteiger partial charge is 0.507 e. The van der Waals surface area contributed by atoms with Gasteiger partial charge in [-0.3, -0.25) is 14.5 Å². The zero-order chi connectivity index (χ0) is 26.4. The van der Waals surface area contributed by atoms with Crippen LogP contribution in [0.1, 0.15) is 17.2 Å². The van der Waals surface area contributed by atoms with Crippen LogP contribution in [0.2, 0.25) is 10.0 Å². The number of anilines is 2. The van der Waals surface area contributed by atoms with Gasteiger partial charge in [0.05, 0.1) is 39.5 Å². The topological polar surface area (TPSA) is 83.0 Å². The maximum atomic E-state index is 13.5. The van der Waals surface area contributed by atoms with Crippen molar-refractivity contribution in [3.8, 4) is 5.75 Å². The first-order chi connectivity index (χ1) is 17.7. The minimum atomic E-state index is -0.945. The number of ether oxygens (including phenoxy) is 1. The summed E-state index contributed by atoms with van der Waals surface area (Å²) in [6.07, 6.45) is 0. The molecule has 0 spiro atoms. The third-order valence-electron chi connectivity index (χ3n) is 6.13. The van der Waals surface area contributed by atoms with Gasteiger partial charge in [0.15, 0.2) is 5.13 Å². The van der Waals surface area contributed by atoms with E-state index in [2.05, 4.69) is 4.98 Å². The first kappa shape index (κ1) is 25.1. The van der Waals surface area contributed by atoms with E-state index in [1.807, 2.05) is 67.5 Å². The fourth-order valence-electron chi connectivity index (χ4n) is 4.35. The van der Waals surface area contributed by atoms with Crippen molar-refractivity contribution in [1.82, 2.24) is 4.98 Å². The number of rotatable bonds is 5. The maximum Gasteiger partial charge on any atom is 0.301 e. The number of amides is 1. The monoisotopic (exact) mass is 553 g/mol. The standard InChI is InChI=1S/C27H21Cl2N3O4S/c1-31(2)16-10-8-14(9-11-16)22-21(23(33)17-12-15(28)13-18(29)25(17)36-3)24(34)26(35)32(22)27-30-19-6-4-5-7-20(19)37-27/h4-13,22,33H,1-3H3/b23-21+. The molecule has 1 aliphatic rings. The average molecular weight is 554 g/mol. The second kappa shape index (κ2) is 9.70. The molecule has 1 aromatic heterocycles. The van der Waals surface area contributed by atoms with Gasteiger partial charge in [0, 0.05) is 24.8 Å². The number of para-hydroxylation sites is 1. The van der Waals surface area contributed by atoms with E-state index >= 15 is 0 Å². The summed E-state index contributed by atoms with van der Waals surface area (Å²) in [5.74, 6) is -1.95. The van der Waals surface area contributed by atoms with E-state index in [0.29, 0.717) is 16.2 Å². The third kappa shape index (κ3) is 4.31. The molecule has 10 heteroatoms. The van der Waals surface area contributed by atoms with Gasteiger partial charge in [-0.15, -0.1) is 0 Å². The molecule has 1 N–H and O–H groups in total. The molecule has 1 atom stereocenters. The molecule has 0 bridgehead atoms. The molecule has 3 aromatic carbocycles. The lowest BCUT2D eigenvalue weighted by Gasteiger charge is -2.24. The summed E-state index contributed by atoms with van der Waals surface area (Å²) < 4.78 is 6.26. The summed E-state index contributed by atoms with van der Waals surface area (Å²) in [5.41, 5.74) is 2.26. The number of aliphatic hydroxyl groups excluding tert-OH is 1. The van der Waals surface area contributed by atoms with Crippen molar-refractivity contribution in [2.24, 2.45) is 0 Å². The SMILES string of the molecule is COc1c(Cl)cc(Cl)cc1/C(O)=C1\C(=O)C(=O)N(c2nc3ccccc3s2)C1c1ccc(N(C)C)cc1. The number of hydrogen-bond acceptors (Lipinski definition) is 7. The molecule has 5 rings (SSSR count). The molecule has 1 saturated heterocycles. The number of carbonyl (C=O) groups excluding carboxylic acids is 2. The summed E-state index contributed by atoms with van der Waals surface area (Å²) in [4.78, 5) is 34.9. The number of thiazole rings is 1. The molecule has 4 aromatic rings. The Balaban J connectivity index is 1.76. The number of ketones is 1. The Morgan fingerprint density at radius 2 is 1.78 bits per heavy atom. The van der Waals surface area contributed by atoms with Gasteiger partial charge in [0.1, 0.15) is 11.5 Å². The van der Waals surface area contributed by atoms with Crippen molar-refractivity contribution < 1.29 is 19.4 Å². The maximum absolute atomic E-state index is 13.5. The van der Waals surface area contributed by atoms with E-state index in [0.717, 1.165) is 10.4 Å². The number of hydrogen-bond donors (Lipinski definition) is 1. The number of fused-ring (bicyclic) bond motifs is 1. The molecule has 37 heavy (non-hydrogen) atoms. The van der Waals surface area contributed by atoms with Crippen molar-refractivity contribution in [3.63, 3.8) is 0 Å². The van der Waals surface area contributed by atoms with Crippen LogP contribution in [0.15, 0.2) is 66.2 Å². The van der Waals surface area contributed by atoms with E-state index in [4.69, 9.17) is 27.9 Å². The van der Waals surface area contributed by atoms with Crippen LogP contribution in [0.5, 0.6) is 5.75 Å². The van der Waals surface area contributed by atoms with Crippen molar-refractivity contribution in [1.29, 1.82) is 0 Å². The highest BCUT2D eigenvalue weighted by atomic mass is 35.5. The number of nitrogens with zero attached hydrogens (tertiary/aromatic N) is 3. The molecule has 2 heterocycles. The van der Waals surface area contributed by atoms with Crippen molar-refractivity contribution >= 4 is 73.0 Å². The van der Waals surface area contributed by atoms with Gasteiger partial charge in [0.25, 0.3) is 5.78 Å². The van der Waals surface area contributed by atoms with Crippen molar-refractivity contribution in [3.05, 3.63) is 87.4 Å². The molecular weight excluding hydrogens is 533 g/mol. The zero-order valence-electron chi connectivity index (χ0n) is 20.0. The van der Waals surface area contributed by atoms with Gasteiger partial charge in [-0.25, -0.2) is 4.98 Å². The van der Waals surface area contributed by atoms with Crippen LogP contribution in [0, 0.1) is 0 Å². The number of methoxy groups -OCH3 is 1. The van der Waals surface area contributed by atoms with Gasteiger partial charge >= 0.3 is 5.91 Å². The van der Waals surface area contributed by atoms with E-state index in [-0.39, 0.29) is 26.9 Å². The average Bonchev–Trinajstić information content (AvgIpc) is 3.41. The second-order valence-corrected chi connectivity index (χ2v) is 10.4. The number of carbonyl (C=O) groups is 2. The Morgan fingerprint density at radius 1 is 1.08 bits per heavy atom. The molecule has 1 unspecified atom stereocenters. The second-order valence-electron chi connectivity index (χ2n) is 8.59. The Morgan fingerprint density at radius 3 is 2.43 bits per heavy atom. The first-order valence-corrected chi connectivity index (χ1v) is 12.8. The molecule has 0 saturated carbocycles. The molecular formula is C27H21Cl2N3O4S. The summed E-state index contributed by atoms with van der Waals surface area (Å²) >= 11 is 13.8. The Bertz CT molecular complexity index is 1550. The number of halogens is 2. The summed E-state index contributed by atoms with van der Waals surface area (Å²) in [5, 5.41) is 12.2. The molecule has 1 amide bonds. The summed E-state index contributed by atoms with van der Waals surface area (Å²) in [7, 11) is 5.22. The summed E-state index contributed by atoms with van der Waals surface area (Å²) in [6.45, 7) is 0. The van der Waals surface area contributed by atoms with Crippen LogP contribution in [-0.4, -0.2) is 43.0 Å². The first-order valence-electron chi connectivity index (χ1n) is 11.2. The van der Waals surface area contributed by atoms with Crippen LogP contribution in [0.4, 0.5) is 10.8 Å².